The first kappa shape index (κ1) is 53.2. The molecule has 5 atom stereocenters. The highest BCUT2D eigenvalue weighted by Gasteiger charge is 2.40. The number of likely N-dealkylation sites (tertiary alicyclic amines) is 1. The number of ketones is 1. The van der Waals surface area contributed by atoms with Crippen LogP contribution in [0, 0.1) is 5.92 Å². The number of aromatic amines is 1. The molecule has 1 saturated heterocycles. The summed E-state index contributed by atoms with van der Waals surface area (Å²) in [6.45, 7) is 7.54. The molecule has 3 fully saturated rings. The number of nitrogens with zero attached hydrogens (tertiary/aromatic N) is 5. The van der Waals surface area contributed by atoms with E-state index in [-0.39, 0.29) is 53.5 Å². The molecule has 0 unspecified atom stereocenters. The summed E-state index contributed by atoms with van der Waals surface area (Å²) < 4.78 is 13.4. The van der Waals surface area contributed by atoms with E-state index >= 15 is 0 Å². The average molecular weight is 997 g/mol. The van der Waals surface area contributed by atoms with Crippen molar-refractivity contribution in [2.75, 3.05) is 25.5 Å². The maximum atomic E-state index is 14.2. The van der Waals surface area contributed by atoms with Crippen LogP contribution in [0.5, 0.6) is 5.75 Å². The molecule has 1 aliphatic heterocycles. The summed E-state index contributed by atoms with van der Waals surface area (Å²) >= 11 is 1.42. The van der Waals surface area contributed by atoms with Crippen LogP contribution in [-0.4, -0.2) is 104 Å². The van der Waals surface area contributed by atoms with E-state index < -0.39 is 18.2 Å². The lowest BCUT2D eigenvalue weighted by Gasteiger charge is -2.35. The first-order valence-corrected chi connectivity index (χ1v) is 27.2. The Labute approximate surface area is 422 Å². The summed E-state index contributed by atoms with van der Waals surface area (Å²) in [4.78, 5) is 72.5. The first-order valence-electron chi connectivity index (χ1n) is 26.3. The number of likely N-dealkylation sites (N-methyl/N-ethyl adjacent to an activating group) is 1. The number of benzene rings is 1. The number of thiazole rings is 1. The molecular formula is C53H76N10O7S. The zero-order chi connectivity index (χ0) is 50.1. The van der Waals surface area contributed by atoms with Gasteiger partial charge in [0.2, 0.25) is 17.6 Å². The van der Waals surface area contributed by atoms with Gasteiger partial charge >= 0.3 is 6.09 Å². The largest absolute Gasteiger partial charge is 0.494 e. The van der Waals surface area contributed by atoms with Crippen LogP contribution < -0.4 is 26.0 Å². The molecule has 3 aromatic heterocycles. The number of unbranched alkanes of at least 4 members (excludes halogenated alkanes) is 8. The molecule has 0 bridgehead atoms. The standard InChI is InChI=1S/C53H76N10O7S/c1-35(2)56-53(68)70-42-25-24-38(29-42)43-31-46(61-60-43)58-50(66)40-32-55-62(33-40)26-15-10-8-6-5-7-9-11-16-28-69-41-22-17-21-39(30-41)48(64)44-34-71-51(57-44)45-23-18-27-63(45)52(67)47(37-19-13-12-14-20-37)59-49(65)36(3)54-4/h17,21-22,30-38,42,45,47,54H,5-16,18-20,23-29H2,1-4H3,(H,56,68)(H,59,65)(H2,58,60,61,66)/t36-,38-,42+,45-,47-/m0/s1. The quantitative estimate of drug-likeness (QED) is 0.0295. The van der Waals surface area contributed by atoms with Gasteiger partial charge in [-0.05, 0) is 104 Å². The van der Waals surface area contributed by atoms with Gasteiger partial charge in [0, 0.05) is 48.3 Å². The fourth-order valence-electron chi connectivity index (χ4n) is 10.1. The fraction of sp³-hybridized carbons (Fsp3) is 0.623. The van der Waals surface area contributed by atoms with E-state index in [9.17, 15) is 24.0 Å². The minimum atomic E-state index is -0.566. The van der Waals surface area contributed by atoms with E-state index in [1.54, 1.807) is 43.9 Å². The Morgan fingerprint density at radius 2 is 1.62 bits per heavy atom. The van der Waals surface area contributed by atoms with Gasteiger partial charge < -0.3 is 35.6 Å². The molecular weight excluding hydrogens is 921 g/mol. The smallest absolute Gasteiger partial charge is 0.407 e. The Kier molecular flexibility index (Phi) is 20.0. The predicted octanol–water partition coefficient (Wildman–Crippen LogP) is 9.24. The normalized spacial score (nSPS) is 19.1. The summed E-state index contributed by atoms with van der Waals surface area (Å²) in [5, 5.41) is 26.0. The van der Waals surface area contributed by atoms with Gasteiger partial charge in [-0.3, -0.25) is 29.0 Å². The van der Waals surface area contributed by atoms with Crippen molar-refractivity contribution in [3.05, 3.63) is 75.6 Å². The van der Waals surface area contributed by atoms with Crippen LogP contribution in [0.4, 0.5) is 10.6 Å². The molecule has 386 valence electrons. The Morgan fingerprint density at radius 3 is 2.38 bits per heavy atom. The topological polar surface area (TPSA) is 215 Å². The summed E-state index contributed by atoms with van der Waals surface area (Å²) in [6.07, 6.45) is 21.9. The van der Waals surface area contributed by atoms with E-state index in [2.05, 4.69) is 36.6 Å². The lowest BCUT2D eigenvalue weighted by molar-refractivity contribution is -0.139. The van der Waals surface area contributed by atoms with Crippen LogP contribution in [-0.2, 0) is 20.9 Å². The average Bonchev–Trinajstić information content (AvgIpc) is 4.24. The van der Waals surface area contributed by atoms with E-state index in [1.807, 2.05) is 41.6 Å². The van der Waals surface area contributed by atoms with Crippen molar-refractivity contribution >= 4 is 46.8 Å². The van der Waals surface area contributed by atoms with Gasteiger partial charge in [0.1, 0.15) is 34.4 Å². The lowest BCUT2D eigenvalue weighted by atomic mass is 9.83. The van der Waals surface area contributed by atoms with Crippen molar-refractivity contribution < 1.29 is 33.4 Å². The molecule has 4 aromatic rings. The molecule has 71 heavy (non-hydrogen) atoms. The monoisotopic (exact) mass is 997 g/mol. The van der Waals surface area contributed by atoms with E-state index in [0.29, 0.717) is 48.0 Å². The Balaban J connectivity index is 0.742. The minimum Gasteiger partial charge on any atom is -0.494 e. The van der Waals surface area contributed by atoms with E-state index in [1.165, 1.54) is 30.6 Å². The summed E-state index contributed by atoms with van der Waals surface area (Å²) in [6, 6.07) is 8.00. The van der Waals surface area contributed by atoms with Gasteiger partial charge in [-0.1, -0.05) is 76.3 Å². The molecule has 0 spiro atoms. The number of alkyl carbamates (subject to hydrolysis) is 1. The van der Waals surface area contributed by atoms with Crippen LogP contribution in [0.1, 0.15) is 192 Å². The molecule has 5 N–H and O–H groups in total. The summed E-state index contributed by atoms with van der Waals surface area (Å²) in [5.41, 5.74) is 2.23. The second-order valence-corrected chi connectivity index (χ2v) is 20.9. The fourth-order valence-corrected chi connectivity index (χ4v) is 11.0. The zero-order valence-electron chi connectivity index (χ0n) is 42.2. The number of amides is 4. The number of carbonyl (C=O) groups excluding carboxylic acids is 5. The van der Waals surface area contributed by atoms with E-state index in [0.717, 1.165) is 114 Å². The predicted molar refractivity (Wildman–Crippen MR) is 274 cm³/mol. The number of rotatable bonds is 26. The van der Waals surface area contributed by atoms with Crippen molar-refractivity contribution in [3.63, 3.8) is 0 Å². The number of hydrogen-bond donors (Lipinski definition) is 5. The highest BCUT2D eigenvalue weighted by molar-refractivity contribution is 7.10. The highest BCUT2D eigenvalue weighted by atomic mass is 32.1. The molecule has 17 nitrogen and oxygen atoms in total. The molecule has 2 aliphatic carbocycles. The third-order valence-corrected chi connectivity index (χ3v) is 15.2. The summed E-state index contributed by atoms with van der Waals surface area (Å²) in [5.74, 6) is 0.839. The van der Waals surface area contributed by atoms with Crippen LogP contribution in [0.3, 0.4) is 0 Å². The second-order valence-electron chi connectivity index (χ2n) is 20.0. The highest BCUT2D eigenvalue weighted by Crippen LogP contribution is 2.38. The Morgan fingerprint density at radius 1 is 0.859 bits per heavy atom. The number of H-pyrrole nitrogens is 1. The molecule has 7 rings (SSSR count). The van der Waals surface area contributed by atoms with Gasteiger partial charge in [-0.25, -0.2) is 9.78 Å². The van der Waals surface area contributed by atoms with Gasteiger partial charge in [0.25, 0.3) is 5.91 Å². The lowest BCUT2D eigenvalue weighted by Crippen LogP contribution is -2.55. The van der Waals surface area contributed by atoms with Crippen LogP contribution >= 0.6 is 11.3 Å². The zero-order valence-corrected chi connectivity index (χ0v) is 43.0. The number of nitrogens with one attached hydrogen (secondary N) is 5. The summed E-state index contributed by atoms with van der Waals surface area (Å²) in [7, 11) is 1.74. The third-order valence-electron chi connectivity index (χ3n) is 14.2. The first-order chi connectivity index (χ1) is 34.4. The third kappa shape index (κ3) is 15.4. The molecule has 18 heteroatoms. The number of carbonyl (C=O) groups is 5. The van der Waals surface area contributed by atoms with Crippen molar-refractivity contribution in [1.29, 1.82) is 0 Å². The molecule has 4 heterocycles. The molecule has 4 amide bonds. The number of hydrogen-bond acceptors (Lipinski definition) is 12. The van der Waals surface area contributed by atoms with Gasteiger partial charge in [-0.15, -0.1) is 11.3 Å². The number of aromatic nitrogens is 5. The maximum absolute atomic E-state index is 14.2. The van der Waals surface area contributed by atoms with Gasteiger partial charge in [0.15, 0.2) is 0 Å². The van der Waals surface area contributed by atoms with Crippen molar-refractivity contribution in [2.24, 2.45) is 5.92 Å². The second kappa shape index (κ2) is 26.7. The van der Waals surface area contributed by atoms with Gasteiger partial charge in [-0.2, -0.15) is 10.2 Å². The number of aryl methyl sites for hydroxylation is 1. The van der Waals surface area contributed by atoms with Gasteiger partial charge in [0.05, 0.1) is 36.1 Å². The van der Waals surface area contributed by atoms with Crippen LogP contribution in [0.25, 0.3) is 0 Å². The van der Waals surface area contributed by atoms with Crippen molar-refractivity contribution in [1.82, 2.24) is 45.8 Å². The SMILES string of the molecule is CN[C@@H](C)C(=O)N[C@H](C(=O)N1CCC[C@H]1c1nc(C(=O)c2cccc(OCCCCCCCCCCCn3cc(C(=O)Nc4cc([C@H]5CC[C@@H](OC(=O)NC(C)C)C5)n[nH]4)cn3)c2)cs1)C1CCCCC1. The van der Waals surface area contributed by atoms with Crippen LogP contribution in [0.15, 0.2) is 48.1 Å². The maximum Gasteiger partial charge on any atom is 0.407 e. The molecule has 3 aliphatic rings. The molecule has 1 aromatic carbocycles. The van der Waals surface area contributed by atoms with Crippen molar-refractivity contribution in [2.45, 2.75) is 186 Å². The molecule has 0 radical (unpaired) electrons. The molecule has 2 saturated carbocycles. The van der Waals surface area contributed by atoms with Crippen LogP contribution in [0.2, 0.25) is 0 Å². The Hall–Kier alpha value is -5.62. The number of ether oxygens (including phenoxy) is 2. The Bertz CT molecular complexity index is 2360. The van der Waals surface area contributed by atoms with Crippen molar-refractivity contribution in [3.8, 4) is 5.75 Å². The van der Waals surface area contributed by atoms with E-state index in [4.69, 9.17) is 14.5 Å². The minimum absolute atomic E-state index is 0.0238. The number of anilines is 1.